The highest BCUT2D eigenvalue weighted by Crippen LogP contribution is 2.60. The lowest BCUT2D eigenvalue weighted by atomic mass is 9.81. The maximum atomic E-state index is 13.8. The Kier molecular flexibility index (Phi) is 8.07. The van der Waals surface area contributed by atoms with Crippen LogP contribution in [0.15, 0.2) is 29.1 Å². The molecule has 3 heterocycles. The van der Waals surface area contributed by atoms with Crippen LogP contribution in [-0.4, -0.2) is 78.0 Å². The molecule has 39 heavy (non-hydrogen) atoms. The molecule has 0 bridgehead atoms. The Hall–Kier alpha value is -2.45. The smallest absolute Gasteiger partial charge is 0.194 e. The summed E-state index contributed by atoms with van der Waals surface area (Å²) < 4.78 is 53.5. The van der Waals surface area contributed by atoms with Crippen molar-refractivity contribution in [1.29, 1.82) is 0 Å². The standard InChI is InChI=1S/C26H33F3N4O5S/c1-14-12-38-31-22(14)25(26(36)6-4-3-5-7-26)39-13-19(37-2)23(24(35)20(39)11-34)33-10-18(30-32-33)15-8-16(27)21(29)17(28)9-15/h8-10,12,19-20,23-25,34-36,39H,3-7,11,13H2,1-2H3/t19-,20+,23+,24-,25-/m0/s1. The van der Waals surface area contributed by atoms with E-state index < -0.39 is 62.7 Å². The van der Waals surface area contributed by atoms with Gasteiger partial charge >= 0.3 is 0 Å². The fraction of sp³-hybridized carbons (Fsp3) is 0.577. The third kappa shape index (κ3) is 5.10. The first-order valence-corrected chi connectivity index (χ1v) is 14.6. The van der Waals surface area contributed by atoms with E-state index in [-0.39, 0.29) is 17.9 Å². The predicted octanol–water partition coefficient (Wildman–Crippen LogP) is 3.39. The molecule has 13 heteroatoms. The highest BCUT2D eigenvalue weighted by Gasteiger charge is 2.52. The lowest BCUT2D eigenvalue weighted by Gasteiger charge is -2.52. The molecule has 9 nitrogen and oxygen atoms in total. The highest BCUT2D eigenvalue weighted by atomic mass is 32.2. The van der Waals surface area contributed by atoms with Crippen LogP contribution < -0.4 is 0 Å². The molecule has 2 aromatic heterocycles. The minimum atomic E-state index is -1.58. The van der Waals surface area contributed by atoms with Gasteiger partial charge in [0.15, 0.2) is 17.5 Å². The van der Waals surface area contributed by atoms with Crippen molar-refractivity contribution < 1.29 is 37.8 Å². The average molecular weight is 571 g/mol. The van der Waals surface area contributed by atoms with E-state index in [1.54, 1.807) is 0 Å². The molecule has 1 saturated heterocycles. The quantitative estimate of drug-likeness (QED) is 0.252. The maximum absolute atomic E-state index is 13.8. The first-order valence-electron chi connectivity index (χ1n) is 13.0. The van der Waals surface area contributed by atoms with E-state index in [0.717, 1.165) is 37.0 Å². The number of thiol groups is 1. The molecule has 5 rings (SSSR count). The average Bonchev–Trinajstić information content (AvgIpc) is 3.57. The van der Waals surface area contributed by atoms with Gasteiger partial charge in [0, 0.05) is 29.2 Å². The van der Waals surface area contributed by atoms with Crippen LogP contribution in [0.3, 0.4) is 0 Å². The van der Waals surface area contributed by atoms with Crippen molar-refractivity contribution in [3.05, 3.63) is 53.3 Å². The van der Waals surface area contributed by atoms with Crippen molar-refractivity contribution in [1.82, 2.24) is 20.2 Å². The first kappa shape index (κ1) is 28.1. The van der Waals surface area contributed by atoms with Crippen molar-refractivity contribution in [2.45, 2.75) is 73.4 Å². The van der Waals surface area contributed by atoms with Crippen LogP contribution in [0.25, 0.3) is 11.3 Å². The molecule has 1 saturated carbocycles. The topological polar surface area (TPSA) is 127 Å². The Labute approximate surface area is 226 Å². The lowest BCUT2D eigenvalue weighted by molar-refractivity contribution is -0.0199. The van der Waals surface area contributed by atoms with Gasteiger partial charge in [0.2, 0.25) is 0 Å². The molecule has 0 radical (unpaired) electrons. The zero-order valence-corrected chi connectivity index (χ0v) is 22.6. The monoisotopic (exact) mass is 570 g/mol. The highest BCUT2D eigenvalue weighted by molar-refractivity contribution is 8.18. The summed E-state index contributed by atoms with van der Waals surface area (Å²) in [5.41, 5.74) is 0.423. The molecule has 3 aromatic rings. The van der Waals surface area contributed by atoms with Crippen LogP contribution in [0.2, 0.25) is 0 Å². The molecule has 214 valence electrons. The van der Waals surface area contributed by atoms with Crippen molar-refractivity contribution in [2.75, 3.05) is 19.5 Å². The van der Waals surface area contributed by atoms with E-state index >= 15 is 0 Å². The first-order chi connectivity index (χ1) is 18.7. The van der Waals surface area contributed by atoms with Crippen LogP contribution in [0, 0.1) is 24.4 Å². The number of ether oxygens (including phenoxy) is 1. The Balaban J connectivity index is 1.50. The Morgan fingerprint density at radius 2 is 1.90 bits per heavy atom. The molecular formula is C26H33F3N4O5S. The van der Waals surface area contributed by atoms with E-state index in [4.69, 9.17) is 9.26 Å². The number of methoxy groups -OCH3 is 1. The van der Waals surface area contributed by atoms with Gasteiger partial charge in [-0.1, -0.05) is 29.6 Å². The molecule has 1 unspecified atom stereocenters. The SMILES string of the molecule is CO[C@H]1C[SH]([C@@H](c2nocc2C)C2(O)CCCCC2)[C@H](CO)[C@H](O)[C@@H]1n1cc(-c2cc(F)c(F)c(F)c2)nn1. The van der Waals surface area contributed by atoms with Gasteiger partial charge in [-0.15, -0.1) is 5.10 Å². The molecule has 0 spiro atoms. The second-order valence-electron chi connectivity index (χ2n) is 10.5. The van der Waals surface area contributed by atoms with E-state index in [9.17, 15) is 28.5 Å². The zero-order valence-electron chi connectivity index (χ0n) is 21.7. The number of hydrogen-bond acceptors (Lipinski definition) is 8. The molecule has 2 aliphatic rings. The number of aliphatic hydroxyl groups excluding tert-OH is 2. The van der Waals surface area contributed by atoms with Crippen molar-refractivity contribution in [3.8, 4) is 11.3 Å². The Bertz CT molecular complexity index is 1280. The third-order valence-electron chi connectivity index (χ3n) is 8.13. The Morgan fingerprint density at radius 3 is 2.49 bits per heavy atom. The van der Waals surface area contributed by atoms with Gasteiger partial charge in [-0.05, 0) is 31.9 Å². The van der Waals surface area contributed by atoms with Crippen LogP contribution in [0.5, 0.6) is 0 Å². The van der Waals surface area contributed by atoms with Crippen molar-refractivity contribution in [3.63, 3.8) is 0 Å². The summed E-state index contributed by atoms with van der Waals surface area (Å²) >= 11 is 0. The Morgan fingerprint density at radius 1 is 1.21 bits per heavy atom. The van der Waals surface area contributed by atoms with Crippen LogP contribution in [0.1, 0.15) is 54.7 Å². The normalized spacial score (nSPS) is 28.9. The summed E-state index contributed by atoms with van der Waals surface area (Å²) in [7, 11) is 0.218. The maximum Gasteiger partial charge on any atom is 0.194 e. The molecule has 0 amide bonds. The fourth-order valence-corrected chi connectivity index (χ4v) is 9.99. The predicted molar refractivity (Wildman–Crippen MR) is 138 cm³/mol. The minimum absolute atomic E-state index is 0.0148. The summed E-state index contributed by atoms with van der Waals surface area (Å²) in [5.74, 6) is -3.88. The fourth-order valence-electron chi connectivity index (χ4n) is 6.12. The molecule has 1 aliphatic carbocycles. The third-order valence-corrected chi connectivity index (χ3v) is 11.6. The number of aromatic nitrogens is 4. The minimum Gasteiger partial charge on any atom is -0.395 e. The number of aryl methyl sites for hydroxylation is 1. The molecule has 1 aliphatic heterocycles. The number of benzene rings is 1. The lowest BCUT2D eigenvalue weighted by Crippen LogP contribution is -2.53. The van der Waals surface area contributed by atoms with Crippen LogP contribution >= 0.6 is 10.9 Å². The molecule has 2 fully saturated rings. The van der Waals surface area contributed by atoms with Gasteiger partial charge in [-0.2, -0.15) is 0 Å². The molecular weight excluding hydrogens is 537 g/mol. The number of rotatable bonds is 7. The summed E-state index contributed by atoms with van der Waals surface area (Å²) in [5, 5.41) is 45.4. The molecule has 1 aromatic carbocycles. The summed E-state index contributed by atoms with van der Waals surface area (Å²) in [6, 6.07) is 0.856. The number of nitrogens with zero attached hydrogens (tertiary/aromatic N) is 4. The van der Waals surface area contributed by atoms with Gasteiger partial charge in [-0.3, -0.25) is 0 Å². The van der Waals surface area contributed by atoms with E-state index in [1.165, 1.54) is 24.3 Å². The van der Waals surface area contributed by atoms with Crippen LogP contribution in [0.4, 0.5) is 13.2 Å². The zero-order chi connectivity index (χ0) is 27.9. The van der Waals surface area contributed by atoms with Crippen molar-refractivity contribution in [2.24, 2.45) is 0 Å². The van der Waals surface area contributed by atoms with Gasteiger partial charge in [0.1, 0.15) is 23.7 Å². The summed E-state index contributed by atoms with van der Waals surface area (Å²) in [6.07, 6.45) is 5.10. The van der Waals surface area contributed by atoms with Gasteiger partial charge in [0.05, 0.1) is 35.9 Å². The number of halogens is 3. The van der Waals surface area contributed by atoms with Crippen LogP contribution in [-0.2, 0) is 4.74 Å². The van der Waals surface area contributed by atoms with E-state index in [2.05, 4.69) is 15.5 Å². The van der Waals surface area contributed by atoms with Gasteiger partial charge in [-0.25, -0.2) is 28.7 Å². The second-order valence-corrected chi connectivity index (χ2v) is 13.1. The second kappa shape index (κ2) is 11.2. The van der Waals surface area contributed by atoms with E-state index in [1.807, 2.05) is 6.92 Å². The van der Waals surface area contributed by atoms with Gasteiger partial charge < -0.3 is 24.6 Å². The number of hydrogen-bond donors (Lipinski definition) is 4. The number of aliphatic hydroxyl groups is 3. The van der Waals surface area contributed by atoms with Crippen molar-refractivity contribution >= 4 is 10.9 Å². The summed E-state index contributed by atoms with van der Waals surface area (Å²) in [6.45, 7) is 1.52. The summed E-state index contributed by atoms with van der Waals surface area (Å²) in [4.78, 5) is 0. The largest absolute Gasteiger partial charge is 0.395 e. The van der Waals surface area contributed by atoms with E-state index in [0.29, 0.717) is 24.3 Å². The van der Waals surface area contributed by atoms with Gasteiger partial charge in [0.25, 0.3) is 0 Å². The molecule has 6 atom stereocenters. The molecule has 3 N–H and O–H groups in total.